The van der Waals surface area contributed by atoms with Gasteiger partial charge in [0, 0.05) is 23.8 Å². The van der Waals surface area contributed by atoms with Crippen molar-refractivity contribution in [2.75, 3.05) is 6.61 Å². The van der Waals surface area contributed by atoms with Crippen LogP contribution in [0.5, 0.6) is 5.75 Å². The lowest BCUT2D eigenvalue weighted by atomic mass is 9.29. The van der Waals surface area contributed by atoms with E-state index < -0.39 is 22.8 Å². The highest BCUT2D eigenvalue weighted by Crippen LogP contribution is 2.78. The maximum atomic E-state index is 13.3. The van der Waals surface area contributed by atoms with Crippen LogP contribution in [0.15, 0.2) is 30.3 Å². The third kappa shape index (κ3) is 4.74. The van der Waals surface area contributed by atoms with Crippen LogP contribution in [0.2, 0.25) is 0 Å². The van der Waals surface area contributed by atoms with Crippen LogP contribution in [0.1, 0.15) is 118 Å². The van der Waals surface area contributed by atoms with Gasteiger partial charge >= 0.3 is 11.9 Å². The van der Waals surface area contributed by atoms with Gasteiger partial charge in [-0.25, -0.2) is 4.79 Å². The van der Waals surface area contributed by atoms with Gasteiger partial charge in [-0.1, -0.05) is 53.7 Å². The first-order valence-electron chi connectivity index (χ1n) is 17.4. The van der Waals surface area contributed by atoms with Crippen molar-refractivity contribution in [2.24, 2.45) is 56.2 Å². The SMILES string of the molecule is CC1C(=O)CCC2C1(C)CCC1C2(C)CCC2(COC(=O)C=Cc3ccc(O)cc3)C3CC(C)(C)CCC3(C(=O)O)CCC12C. The number of esters is 1. The van der Waals surface area contributed by atoms with E-state index in [0.717, 1.165) is 56.9 Å². The standard InChI is InChI=1S/C39H54O6/c1-25-28(41)12-13-29-35(25,4)16-15-30-36(29,5)18-22-39(24-45-32(42)14-9-26-7-10-27(40)11-8-26)31-23-34(2,3)17-20-38(31,33(43)44)21-19-37(30,39)6/h7-11,14,25,29-31,40H,12-13,15-24H2,1-6H3,(H,43,44). The van der Waals surface area contributed by atoms with Crippen LogP contribution >= 0.6 is 0 Å². The van der Waals surface area contributed by atoms with Crippen molar-refractivity contribution in [3.05, 3.63) is 35.9 Å². The molecule has 9 unspecified atom stereocenters. The number of carbonyl (C=O) groups excluding carboxylic acids is 2. The molecule has 0 spiro atoms. The number of ether oxygens (including phenoxy) is 1. The number of phenols is 1. The number of hydrogen-bond acceptors (Lipinski definition) is 5. The molecule has 0 amide bonds. The van der Waals surface area contributed by atoms with Crippen molar-refractivity contribution in [2.45, 2.75) is 112 Å². The van der Waals surface area contributed by atoms with E-state index in [0.29, 0.717) is 36.9 Å². The van der Waals surface area contributed by atoms with Gasteiger partial charge in [-0.2, -0.15) is 0 Å². The maximum Gasteiger partial charge on any atom is 0.330 e. The minimum atomic E-state index is -0.800. The molecule has 5 fully saturated rings. The molecule has 0 bridgehead atoms. The summed E-state index contributed by atoms with van der Waals surface area (Å²) in [6.07, 6.45) is 12.5. The Balaban J connectivity index is 1.39. The minimum absolute atomic E-state index is 0.00521. The fourth-order valence-electron chi connectivity index (χ4n) is 12.3. The molecule has 0 heterocycles. The Hall–Kier alpha value is -2.63. The van der Waals surface area contributed by atoms with Crippen LogP contribution in [0.25, 0.3) is 6.08 Å². The maximum absolute atomic E-state index is 13.3. The monoisotopic (exact) mass is 618 g/mol. The van der Waals surface area contributed by atoms with E-state index in [9.17, 15) is 24.6 Å². The molecule has 1 aromatic carbocycles. The third-order valence-corrected chi connectivity index (χ3v) is 15.2. The molecule has 5 aliphatic carbocycles. The van der Waals surface area contributed by atoms with Crippen molar-refractivity contribution in [1.82, 2.24) is 0 Å². The number of benzene rings is 1. The molecule has 246 valence electrons. The average Bonchev–Trinajstić information content (AvgIpc) is 2.98. The van der Waals surface area contributed by atoms with Crippen LogP contribution in [-0.2, 0) is 19.1 Å². The highest BCUT2D eigenvalue weighted by Gasteiger charge is 2.74. The lowest BCUT2D eigenvalue weighted by molar-refractivity contribution is -0.274. The average molecular weight is 619 g/mol. The largest absolute Gasteiger partial charge is 0.508 e. The molecule has 5 saturated carbocycles. The van der Waals surface area contributed by atoms with Gasteiger partial charge in [-0.05, 0) is 127 Å². The number of aromatic hydroxyl groups is 1. The lowest BCUT2D eigenvalue weighted by Gasteiger charge is -2.74. The number of hydrogen-bond donors (Lipinski definition) is 2. The molecule has 45 heavy (non-hydrogen) atoms. The Morgan fingerprint density at radius 3 is 2.24 bits per heavy atom. The van der Waals surface area contributed by atoms with E-state index in [1.807, 2.05) is 0 Å². The summed E-state index contributed by atoms with van der Waals surface area (Å²) in [7, 11) is 0. The summed E-state index contributed by atoms with van der Waals surface area (Å²) in [5.74, 6) is 0.315. The molecule has 6 heteroatoms. The smallest absolute Gasteiger partial charge is 0.330 e. The molecule has 5 aliphatic rings. The Bertz CT molecular complexity index is 1390. The molecule has 0 aromatic heterocycles. The fourth-order valence-corrected chi connectivity index (χ4v) is 12.3. The lowest BCUT2D eigenvalue weighted by Crippen LogP contribution is -2.70. The predicted octanol–water partition coefficient (Wildman–Crippen LogP) is 8.46. The van der Waals surface area contributed by atoms with Gasteiger partial charge in [0.1, 0.15) is 11.5 Å². The zero-order chi connectivity index (χ0) is 32.6. The second kappa shape index (κ2) is 10.7. The number of fused-ring (bicyclic) bond motifs is 7. The van der Waals surface area contributed by atoms with E-state index in [1.165, 1.54) is 6.08 Å². The Morgan fingerprint density at radius 2 is 1.56 bits per heavy atom. The second-order valence-corrected chi connectivity index (χ2v) is 17.4. The number of carbonyl (C=O) groups is 3. The van der Waals surface area contributed by atoms with Crippen LogP contribution in [-0.4, -0.2) is 34.5 Å². The minimum Gasteiger partial charge on any atom is -0.508 e. The highest BCUT2D eigenvalue weighted by molar-refractivity contribution is 5.87. The zero-order valence-corrected chi connectivity index (χ0v) is 28.3. The molecule has 6 nitrogen and oxygen atoms in total. The molecule has 9 atom stereocenters. The third-order valence-electron chi connectivity index (χ3n) is 15.2. The van der Waals surface area contributed by atoms with Crippen LogP contribution < -0.4 is 0 Å². The zero-order valence-electron chi connectivity index (χ0n) is 28.3. The van der Waals surface area contributed by atoms with E-state index >= 15 is 0 Å². The fraction of sp³-hybridized carbons (Fsp3) is 0.718. The summed E-state index contributed by atoms with van der Waals surface area (Å²) in [5, 5.41) is 20.6. The Kier molecular flexibility index (Phi) is 7.69. The van der Waals surface area contributed by atoms with Crippen LogP contribution in [0, 0.1) is 56.2 Å². The van der Waals surface area contributed by atoms with Gasteiger partial charge in [-0.15, -0.1) is 0 Å². The molecule has 1 aromatic rings. The predicted molar refractivity (Wildman–Crippen MR) is 174 cm³/mol. The van der Waals surface area contributed by atoms with Crippen molar-refractivity contribution in [3.8, 4) is 5.75 Å². The summed E-state index contributed by atoms with van der Waals surface area (Å²) in [6.45, 7) is 14.3. The first-order valence-corrected chi connectivity index (χ1v) is 17.4. The molecule has 0 aliphatic heterocycles. The molecule has 6 rings (SSSR count). The molecular formula is C39H54O6. The van der Waals surface area contributed by atoms with Crippen molar-refractivity contribution < 1.29 is 29.3 Å². The number of Topliss-reactive ketones (excluding diaryl/α,β-unsaturated/α-hetero) is 1. The first-order chi connectivity index (χ1) is 21.0. The van der Waals surface area contributed by atoms with E-state index in [1.54, 1.807) is 30.3 Å². The molecule has 0 saturated heterocycles. The van der Waals surface area contributed by atoms with Crippen LogP contribution in [0.4, 0.5) is 0 Å². The van der Waals surface area contributed by atoms with Gasteiger partial charge in [0.15, 0.2) is 0 Å². The Labute approximate surface area is 269 Å². The van der Waals surface area contributed by atoms with Crippen molar-refractivity contribution in [3.63, 3.8) is 0 Å². The number of ketones is 1. The molecule has 2 N–H and O–H groups in total. The summed E-state index contributed by atoms with van der Waals surface area (Å²) in [6, 6.07) is 6.68. The number of carboxylic acids is 1. The quantitative estimate of drug-likeness (QED) is 0.254. The summed E-state index contributed by atoms with van der Waals surface area (Å²) in [5.41, 5.74) is -0.579. The summed E-state index contributed by atoms with van der Waals surface area (Å²) >= 11 is 0. The molecule has 0 radical (unpaired) electrons. The van der Waals surface area contributed by atoms with Gasteiger partial charge in [0.2, 0.25) is 0 Å². The molecular weight excluding hydrogens is 564 g/mol. The topological polar surface area (TPSA) is 101 Å². The first kappa shape index (κ1) is 32.3. The van der Waals surface area contributed by atoms with Crippen LogP contribution in [0.3, 0.4) is 0 Å². The summed E-state index contributed by atoms with van der Waals surface area (Å²) in [4.78, 5) is 39.6. The Morgan fingerprint density at radius 1 is 0.867 bits per heavy atom. The number of rotatable bonds is 5. The normalized spacial score (nSPS) is 43.8. The summed E-state index contributed by atoms with van der Waals surface area (Å²) < 4.78 is 6.25. The second-order valence-electron chi connectivity index (χ2n) is 17.4. The van der Waals surface area contributed by atoms with Gasteiger partial charge in [0.25, 0.3) is 0 Å². The van der Waals surface area contributed by atoms with Crippen molar-refractivity contribution >= 4 is 23.8 Å². The van der Waals surface area contributed by atoms with E-state index in [-0.39, 0.29) is 45.9 Å². The van der Waals surface area contributed by atoms with Crippen molar-refractivity contribution in [1.29, 1.82) is 0 Å². The van der Waals surface area contributed by atoms with Gasteiger partial charge in [0.05, 0.1) is 12.0 Å². The highest BCUT2D eigenvalue weighted by atomic mass is 16.5. The van der Waals surface area contributed by atoms with Gasteiger partial charge in [-0.3, -0.25) is 9.59 Å². The van der Waals surface area contributed by atoms with E-state index in [4.69, 9.17) is 4.74 Å². The number of carboxylic acid groups (broad SMARTS) is 1. The number of phenolic OH excluding ortho intramolecular Hbond substituents is 1. The van der Waals surface area contributed by atoms with Gasteiger partial charge < -0.3 is 14.9 Å². The number of aliphatic carboxylic acids is 1. The van der Waals surface area contributed by atoms with E-state index in [2.05, 4.69) is 41.5 Å².